The Bertz CT molecular complexity index is 953. The van der Waals surface area contributed by atoms with Crippen LogP contribution in [0.15, 0.2) is 45.9 Å². The van der Waals surface area contributed by atoms with Gasteiger partial charge in [0, 0.05) is 17.1 Å². The smallest absolute Gasteiger partial charge is 0.279 e. The van der Waals surface area contributed by atoms with Crippen molar-refractivity contribution in [2.24, 2.45) is 12.0 Å². The fourth-order valence-corrected chi connectivity index (χ4v) is 4.15. The molecule has 0 bridgehead atoms. The van der Waals surface area contributed by atoms with E-state index in [2.05, 4.69) is 46.9 Å². The molecule has 1 aromatic heterocycles. The molecule has 0 aliphatic carbocycles. The molecule has 0 atom stereocenters. The molecule has 1 amide bonds. The summed E-state index contributed by atoms with van der Waals surface area (Å²) in [6.07, 6.45) is 0. The molecule has 3 aromatic rings. The lowest BCUT2D eigenvalue weighted by molar-refractivity contribution is 0.0998. The first-order chi connectivity index (χ1) is 10.5. The Kier molecular flexibility index (Phi) is 4.02. The summed E-state index contributed by atoms with van der Waals surface area (Å²) in [6.45, 7) is 4.16. The number of thiazole rings is 1. The van der Waals surface area contributed by atoms with Crippen molar-refractivity contribution in [3.05, 3.63) is 62.4 Å². The number of benzene rings is 2. The molecule has 0 radical (unpaired) electrons. The standard InChI is InChI=1S/C17H15BrN2OS/c1-10-7-11(2)15-14(8-10)22-17(20(15)3)19-16(21)12-5-4-6-13(18)9-12/h4-9H,1-3H3. The normalized spacial score (nSPS) is 12.1. The number of fused-ring (bicyclic) bond motifs is 1. The van der Waals surface area contributed by atoms with Crippen LogP contribution >= 0.6 is 27.3 Å². The van der Waals surface area contributed by atoms with Gasteiger partial charge in [-0.25, -0.2) is 0 Å². The fraction of sp³-hybridized carbons (Fsp3) is 0.176. The van der Waals surface area contributed by atoms with E-state index in [0.717, 1.165) is 14.7 Å². The molecule has 1 heterocycles. The largest absolute Gasteiger partial charge is 0.319 e. The maximum Gasteiger partial charge on any atom is 0.279 e. The number of aromatic nitrogens is 1. The lowest BCUT2D eigenvalue weighted by Gasteiger charge is -2.01. The van der Waals surface area contributed by atoms with Crippen LogP contribution in [0, 0.1) is 13.8 Å². The zero-order valence-electron chi connectivity index (χ0n) is 12.6. The Morgan fingerprint density at radius 3 is 2.73 bits per heavy atom. The van der Waals surface area contributed by atoms with Gasteiger partial charge in [0.05, 0.1) is 10.2 Å². The van der Waals surface area contributed by atoms with E-state index in [0.29, 0.717) is 10.4 Å². The van der Waals surface area contributed by atoms with E-state index in [1.165, 1.54) is 11.1 Å². The van der Waals surface area contributed by atoms with E-state index in [-0.39, 0.29) is 5.91 Å². The van der Waals surface area contributed by atoms with Crippen molar-refractivity contribution in [1.82, 2.24) is 4.57 Å². The van der Waals surface area contributed by atoms with Gasteiger partial charge >= 0.3 is 0 Å². The van der Waals surface area contributed by atoms with Crippen LogP contribution in [0.1, 0.15) is 21.5 Å². The van der Waals surface area contributed by atoms with Crippen LogP contribution in [-0.4, -0.2) is 10.5 Å². The third-order valence-corrected chi connectivity index (χ3v) is 5.07. The van der Waals surface area contributed by atoms with Gasteiger partial charge < -0.3 is 4.57 Å². The highest BCUT2D eigenvalue weighted by Crippen LogP contribution is 2.22. The molecule has 3 nitrogen and oxygen atoms in total. The van der Waals surface area contributed by atoms with Gasteiger partial charge in [0.1, 0.15) is 0 Å². The number of carbonyl (C=O) groups excluding carboxylic acids is 1. The van der Waals surface area contributed by atoms with E-state index >= 15 is 0 Å². The molecule has 3 rings (SSSR count). The number of hydrogen-bond acceptors (Lipinski definition) is 2. The molecular formula is C17H15BrN2OS. The SMILES string of the molecule is Cc1cc(C)c2c(c1)sc(=NC(=O)c1cccc(Br)c1)n2C. The van der Waals surface area contributed by atoms with Crippen molar-refractivity contribution in [3.63, 3.8) is 0 Å². The summed E-state index contributed by atoms with van der Waals surface area (Å²) in [5.41, 5.74) is 4.14. The van der Waals surface area contributed by atoms with Crippen LogP contribution < -0.4 is 4.80 Å². The second-order valence-electron chi connectivity index (χ2n) is 5.30. The fourth-order valence-electron chi connectivity index (χ4n) is 2.56. The van der Waals surface area contributed by atoms with Crippen molar-refractivity contribution in [2.75, 3.05) is 0 Å². The number of amides is 1. The molecule has 5 heteroatoms. The maximum absolute atomic E-state index is 12.4. The van der Waals surface area contributed by atoms with Crippen LogP contribution in [0.5, 0.6) is 0 Å². The summed E-state index contributed by atoms with van der Waals surface area (Å²) in [4.78, 5) is 17.4. The molecule has 0 aliphatic heterocycles. The highest BCUT2D eigenvalue weighted by molar-refractivity contribution is 9.10. The van der Waals surface area contributed by atoms with Crippen molar-refractivity contribution >= 4 is 43.4 Å². The summed E-state index contributed by atoms with van der Waals surface area (Å²) in [5.74, 6) is -0.224. The molecule has 22 heavy (non-hydrogen) atoms. The van der Waals surface area contributed by atoms with Crippen molar-refractivity contribution < 1.29 is 4.79 Å². The molecule has 112 valence electrons. The van der Waals surface area contributed by atoms with Gasteiger partial charge in [0.25, 0.3) is 5.91 Å². The van der Waals surface area contributed by atoms with Crippen LogP contribution in [-0.2, 0) is 7.05 Å². The maximum atomic E-state index is 12.4. The third-order valence-electron chi connectivity index (χ3n) is 3.50. The average molecular weight is 375 g/mol. The molecule has 0 N–H and O–H groups in total. The first-order valence-electron chi connectivity index (χ1n) is 6.87. The Morgan fingerprint density at radius 1 is 1.23 bits per heavy atom. The van der Waals surface area contributed by atoms with E-state index < -0.39 is 0 Å². The Balaban J connectivity index is 2.16. The molecule has 0 saturated carbocycles. The van der Waals surface area contributed by atoms with E-state index in [1.54, 1.807) is 23.5 Å². The second kappa shape index (κ2) is 5.82. The zero-order chi connectivity index (χ0) is 15.9. The van der Waals surface area contributed by atoms with Gasteiger partial charge in [-0.3, -0.25) is 4.79 Å². The minimum atomic E-state index is -0.224. The first kappa shape index (κ1) is 15.2. The van der Waals surface area contributed by atoms with Crippen molar-refractivity contribution in [3.8, 4) is 0 Å². The van der Waals surface area contributed by atoms with E-state index in [1.807, 2.05) is 23.7 Å². The monoisotopic (exact) mass is 374 g/mol. The van der Waals surface area contributed by atoms with Crippen LogP contribution in [0.4, 0.5) is 0 Å². The number of carbonyl (C=O) groups is 1. The van der Waals surface area contributed by atoms with Gasteiger partial charge in [0.15, 0.2) is 4.80 Å². The van der Waals surface area contributed by atoms with Gasteiger partial charge in [0.2, 0.25) is 0 Å². The van der Waals surface area contributed by atoms with Gasteiger partial charge in [-0.05, 0) is 49.2 Å². The average Bonchev–Trinajstić information content (AvgIpc) is 2.75. The van der Waals surface area contributed by atoms with Crippen LogP contribution in [0.2, 0.25) is 0 Å². The topological polar surface area (TPSA) is 34.4 Å². The zero-order valence-corrected chi connectivity index (χ0v) is 15.0. The quantitative estimate of drug-likeness (QED) is 0.622. The molecule has 0 unspecified atom stereocenters. The summed E-state index contributed by atoms with van der Waals surface area (Å²) in [6, 6.07) is 11.6. The Hall–Kier alpha value is -1.72. The van der Waals surface area contributed by atoms with Crippen LogP contribution in [0.25, 0.3) is 10.2 Å². The third kappa shape index (κ3) is 2.78. The summed E-state index contributed by atoms with van der Waals surface area (Å²) in [5, 5.41) is 0. The number of halogens is 1. The van der Waals surface area contributed by atoms with Gasteiger partial charge in [-0.2, -0.15) is 4.99 Å². The summed E-state index contributed by atoms with van der Waals surface area (Å²) >= 11 is 4.92. The molecule has 0 saturated heterocycles. The predicted octanol–water partition coefficient (Wildman–Crippen LogP) is 4.36. The lowest BCUT2D eigenvalue weighted by Crippen LogP contribution is -2.13. The second-order valence-corrected chi connectivity index (χ2v) is 7.22. The molecular weight excluding hydrogens is 360 g/mol. The van der Waals surface area contributed by atoms with Crippen LogP contribution in [0.3, 0.4) is 0 Å². The highest BCUT2D eigenvalue weighted by Gasteiger charge is 2.09. The number of nitrogens with zero attached hydrogens (tertiary/aromatic N) is 2. The minimum Gasteiger partial charge on any atom is -0.319 e. The Morgan fingerprint density at radius 2 is 2.00 bits per heavy atom. The van der Waals surface area contributed by atoms with Crippen molar-refractivity contribution in [2.45, 2.75) is 13.8 Å². The minimum absolute atomic E-state index is 0.224. The molecule has 0 fully saturated rings. The number of rotatable bonds is 1. The van der Waals surface area contributed by atoms with E-state index in [4.69, 9.17) is 0 Å². The number of aryl methyl sites for hydroxylation is 3. The van der Waals surface area contributed by atoms with Crippen molar-refractivity contribution in [1.29, 1.82) is 0 Å². The molecule has 2 aromatic carbocycles. The highest BCUT2D eigenvalue weighted by atomic mass is 79.9. The molecule has 0 aliphatic rings. The van der Waals surface area contributed by atoms with Gasteiger partial charge in [-0.1, -0.05) is 39.4 Å². The summed E-state index contributed by atoms with van der Waals surface area (Å²) < 4.78 is 4.02. The van der Waals surface area contributed by atoms with Gasteiger partial charge in [-0.15, -0.1) is 0 Å². The lowest BCUT2D eigenvalue weighted by atomic mass is 10.1. The Labute approximate surface area is 141 Å². The van der Waals surface area contributed by atoms with E-state index in [9.17, 15) is 4.79 Å². The molecule has 0 spiro atoms. The predicted molar refractivity (Wildman–Crippen MR) is 94.3 cm³/mol. The summed E-state index contributed by atoms with van der Waals surface area (Å²) in [7, 11) is 1.95. The number of hydrogen-bond donors (Lipinski definition) is 0. The first-order valence-corrected chi connectivity index (χ1v) is 8.48.